The third-order valence-corrected chi connectivity index (χ3v) is 3.51. The number of hydrogen-bond donors (Lipinski definition) is 2. The van der Waals surface area contributed by atoms with Crippen LogP contribution in [0.4, 0.5) is 23.1 Å². The largest absolute Gasteiger partial charge is 0.356 e. The third kappa shape index (κ3) is 3.52. The van der Waals surface area contributed by atoms with Crippen LogP contribution in [-0.4, -0.2) is 29.0 Å². The number of amides is 1. The maximum absolute atomic E-state index is 11.1. The van der Waals surface area contributed by atoms with E-state index in [1.54, 1.807) is 6.20 Å². The van der Waals surface area contributed by atoms with Gasteiger partial charge in [-0.15, -0.1) is 0 Å². The van der Waals surface area contributed by atoms with Crippen LogP contribution in [0.25, 0.3) is 0 Å². The zero-order chi connectivity index (χ0) is 15.4. The van der Waals surface area contributed by atoms with Crippen molar-refractivity contribution in [3.63, 3.8) is 0 Å². The molecular weight excluding hydrogens is 278 g/mol. The Kier molecular flexibility index (Phi) is 4.18. The highest BCUT2D eigenvalue weighted by atomic mass is 16.1. The molecule has 6 nitrogen and oxygen atoms in total. The van der Waals surface area contributed by atoms with Crippen LogP contribution in [0.5, 0.6) is 0 Å². The van der Waals surface area contributed by atoms with E-state index >= 15 is 0 Å². The van der Waals surface area contributed by atoms with Gasteiger partial charge in [0.2, 0.25) is 11.9 Å². The SMILES string of the molecule is CC(=O)Nc1cccc(Nc2nccc(N3CCCC3)n2)c1. The number of nitrogens with one attached hydrogen (secondary N) is 2. The van der Waals surface area contributed by atoms with E-state index in [0.717, 1.165) is 30.3 Å². The maximum Gasteiger partial charge on any atom is 0.229 e. The van der Waals surface area contributed by atoms with E-state index in [4.69, 9.17) is 0 Å². The summed E-state index contributed by atoms with van der Waals surface area (Å²) in [5.74, 6) is 1.42. The molecule has 2 N–H and O–H groups in total. The molecule has 6 heteroatoms. The molecule has 1 aliphatic heterocycles. The van der Waals surface area contributed by atoms with Gasteiger partial charge in [0.25, 0.3) is 0 Å². The van der Waals surface area contributed by atoms with Crippen LogP contribution < -0.4 is 15.5 Å². The van der Waals surface area contributed by atoms with Gasteiger partial charge in [0.15, 0.2) is 0 Å². The van der Waals surface area contributed by atoms with E-state index in [2.05, 4.69) is 25.5 Å². The minimum atomic E-state index is -0.0931. The van der Waals surface area contributed by atoms with Gasteiger partial charge in [-0.2, -0.15) is 4.98 Å². The lowest BCUT2D eigenvalue weighted by Crippen LogP contribution is -2.19. The molecule has 0 spiro atoms. The molecule has 2 aromatic rings. The molecule has 1 aliphatic rings. The van der Waals surface area contributed by atoms with Crippen molar-refractivity contribution in [2.45, 2.75) is 19.8 Å². The van der Waals surface area contributed by atoms with Gasteiger partial charge in [0.05, 0.1) is 0 Å². The second kappa shape index (κ2) is 6.43. The zero-order valence-corrected chi connectivity index (χ0v) is 12.5. The number of rotatable bonds is 4. The quantitative estimate of drug-likeness (QED) is 0.908. The summed E-state index contributed by atoms with van der Waals surface area (Å²) >= 11 is 0. The number of carbonyl (C=O) groups is 1. The van der Waals surface area contributed by atoms with Crippen molar-refractivity contribution < 1.29 is 4.79 Å². The lowest BCUT2D eigenvalue weighted by atomic mass is 10.3. The minimum Gasteiger partial charge on any atom is -0.356 e. The Morgan fingerprint density at radius 1 is 1.18 bits per heavy atom. The molecule has 0 aliphatic carbocycles. The molecule has 22 heavy (non-hydrogen) atoms. The smallest absolute Gasteiger partial charge is 0.229 e. The first-order valence-electron chi connectivity index (χ1n) is 7.43. The van der Waals surface area contributed by atoms with E-state index < -0.39 is 0 Å². The Hall–Kier alpha value is -2.63. The van der Waals surface area contributed by atoms with Gasteiger partial charge in [-0.3, -0.25) is 4.79 Å². The molecule has 0 atom stereocenters. The Morgan fingerprint density at radius 2 is 1.95 bits per heavy atom. The highest BCUT2D eigenvalue weighted by molar-refractivity contribution is 5.89. The summed E-state index contributed by atoms with van der Waals surface area (Å²) in [7, 11) is 0. The van der Waals surface area contributed by atoms with E-state index in [1.807, 2.05) is 30.3 Å². The molecule has 0 saturated carbocycles. The molecular formula is C16H19N5O. The molecule has 1 aromatic carbocycles. The highest BCUT2D eigenvalue weighted by Crippen LogP contribution is 2.21. The lowest BCUT2D eigenvalue weighted by molar-refractivity contribution is -0.114. The Balaban J connectivity index is 1.75. The van der Waals surface area contributed by atoms with Crippen LogP contribution in [0.3, 0.4) is 0 Å². The fourth-order valence-electron chi connectivity index (χ4n) is 2.54. The lowest BCUT2D eigenvalue weighted by Gasteiger charge is -2.16. The Bertz CT molecular complexity index is 667. The van der Waals surface area contributed by atoms with E-state index in [9.17, 15) is 4.79 Å². The number of hydrogen-bond acceptors (Lipinski definition) is 5. The van der Waals surface area contributed by atoms with E-state index in [0.29, 0.717) is 5.95 Å². The summed E-state index contributed by atoms with van der Waals surface area (Å²) in [5, 5.41) is 5.94. The average Bonchev–Trinajstić information content (AvgIpc) is 3.01. The van der Waals surface area contributed by atoms with Crippen molar-refractivity contribution in [1.29, 1.82) is 0 Å². The molecule has 0 unspecified atom stereocenters. The van der Waals surface area contributed by atoms with Crippen molar-refractivity contribution in [1.82, 2.24) is 9.97 Å². The van der Waals surface area contributed by atoms with Gasteiger partial charge in [0.1, 0.15) is 5.82 Å². The normalized spacial score (nSPS) is 14.0. The van der Waals surface area contributed by atoms with Gasteiger partial charge >= 0.3 is 0 Å². The maximum atomic E-state index is 11.1. The van der Waals surface area contributed by atoms with Crippen LogP contribution >= 0.6 is 0 Å². The van der Waals surface area contributed by atoms with Crippen LogP contribution in [0.15, 0.2) is 36.5 Å². The van der Waals surface area contributed by atoms with Crippen LogP contribution in [0.2, 0.25) is 0 Å². The van der Waals surface area contributed by atoms with Gasteiger partial charge in [-0.05, 0) is 37.1 Å². The zero-order valence-electron chi connectivity index (χ0n) is 12.5. The number of nitrogens with zero attached hydrogens (tertiary/aromatic N) is 3. The summed E-state index contributed by atoms with van der Waals surface area (Å²) in [5.41, 5.74) is 1.58. The van der Waals surface area contributed by atoms with Crippen molar-refractivity contribution in [2.24, 2.45) is 0 Å². The summed E-state index contributed by atoms with van der Waals surface area (Å²) in [6.07, 6.45) is 4.19. The molecule has 0 bridgehead atoms. The van der Waals surface area contributed by atoms with Gasteiger partial charge in [0, 0.05) is 37.6 Å². The summed E-state index contributed by atoms with van der Waals surface area (Å²) in [4.78, 5) is 22.2. The minimum absolute atomic E-state index is 0.0931. The van der Waals surface area contributed by atoms with Crippen molar-refractivity contribution >= 4 is 29.0 Å². The van der Waals surface area contributed by atoms with Crippen LogP contribution in [0, 0.1) is 0 Å². The first-order valence-corrected chi connectivity index (χ1v) is 7.43. The van der Waals surface area contributed by atoms with Crippen molar-refractivity contribution in [2.75, 3.05) is 28.6 Å². The third-order valence-electron chi connectivity index (χ3n) is 3.51. The summed E-state index contributed by atoms with van der Waals surface area (Å²) in [6.45, 7) is 3.59. The van der Waals surface area contributed by atoms with E-state index in [-0.39, 0.29) is 5.91 Å². The second-order valence-corrected chi connectivity index (χ2v) is 5.32. The molecule has 3 rings (SSSR count). The number of carbonyl (C=O) groups excluding carboxylic acids is 1. The topological polar surface area (TPSA) is 70.2 Å². The van der Waals surface area contributed by atoms with Crippen LogP contribution in [0.1, 0.15) is 19.8 Å². The molecule has 2 heterocycles. The monoisotopic (exact) mass is 297 g/mol. The van der Waals surface area contributed by atoms with Crippen molar-refractivity contribution in [3.8, 4) is 0 Å². The molecule has 0 radical (unpaired) electrons. The van der Waals surface area contributed by atoms with Crippen LogP contribution in [-0.2, 0) is 4.79 Å². The first kappa shape index (κ1) is 14.3. The Morgan fingerprint density at radius 3 is 2.73 bits per heavy atom. The first-order chi connectivity index (χ1) is 10.7. The molecule has 1 amide bonds. The number of anilines is 4. The molecule has 1 aromatic heterocycles. The summed E-state index contributed by atoms with van der Waals surface area (Å²) < 4.78 is 0. The predicted molar refractivity (Wildman–Crippen MR) is 87.5 cm³/mol. The van der Waals surface area contributed by atoms with Gasteiger partial charge in [-0.1, -0.05) is 6.07 Å². The highest BCUT2D eigenvalue weighted by Gasteiger charge is 2.14. The molecule has 114 valence electrons. The predicted octanol–water partition coefficient (Wildman–Crippen LogP) is 2.78. The van der Waals surface area contributed by atoms with Crippen molar-refractivity contribution in [3.05, 3.63) is 36.5 Å². The second-order valence-electron chi connectivity index (χ2n) is 5.32. The molecule has 1 saturated heterocycles. The van der Waals surface area contributed by atoms with Gasteiger partial charge < -0.3 is 15.5 Å². The standard InChI is InChI=1S/C16H19N5O/c1-12(22)18-13-5-4-6-14(11-13)19-16-17-8-7-15(20-16)21-9-2-3-10-21/h4-8,11H,2-3,9-10H2,1H3,(H,18,22)(H,17,19,20). The number of aromatic nitrogens is 2. The average molecular weight is 297 g/mol. The molecule has 1 fully saturated rings. The Labute approximate surface area is 129 Å². The van der Waals surface area contributed by atoms with Gasteiger partial charge in [-0.25, -0.2) is 4.98 Å². The fourth-order valence-corrected chi connectivity index (χ4v) is 2.54. The summed E-state index contributed by atoms with van der Waals surface area (Å²) in [6, 6.07) is 9.42. The van der Waals surface area contributed by atoms with E-state index in [1.165, 1.54) is 19.8 Å². The fraction of sp³-hybridized carbons (Fsp3) is 0.312. The number of benzene rings is 1.